The summed E-state index contributed by atoms with van der Waals surface area (Å²) >= 11 is 3.43. The van der Waals surface area contributed by atoms with E-state index in [4.69, 9.17) is 4.74 Å². The maximum Gasteiger partial charge on any atom is 0.124 e. The van der Waals surface area contributed by atoms with Crippen LogP contribution >= 0.6 is 15.9 Å². The van der Waals surface area contributed by atoms with Crippen LogP contribution in [0.4, 0.5) is 10.1 Å². The third kappa shape index (κ3) is 4.59. The van der Waals surface area contributed by atoms with Gasteiger partial charge in [0.25, 0.3) is 0 Å². The topological polar surface area (TPSA) is 21.3 Å². The lowest BCUT2D eigenvalue weighted by molar-refractivity contribution is 0.302. The second kappa shape index (κ2) is 7.97. The Balaban J connectivity index is 1.65. The highest BCUT2D eigenvalue weighted by Crippen LogP contribution is 2.22. The average Bonchev–Trinajstić information content (AvgIpc) is 2.60. The molecule has 0 atom stereocenters. The van der Waals surface area contributed by atoms with Gasteiger partial charge in [0, 0.05) is 22.3 Å². The molecule has 0 unspecified atom stereocenters. The Hall–Kier alpha value is -2.33. The molecule has 0 amide bonds. The van der Waals surface area contributed by atoms with Crippen LogP contribution in [0, 0.1) is 5.82 Å². The van der Waals surface area contributed by atoms with Crippen molar-refractivity contribution in [3.05, 3.63) is 94.2 Å². The van der Waals surface area contributed by atoms with Gasteiger partial charge in [-0.25, -0.2) is 4.39 Å². The van der Waals surface area contributed by atoms with Crippen LogP contribution in [-0.2, 0) is 13.2 Å². The molecule has 122 valence electrons. The summed E-state index contributed by atoms with van der Waals surface area (Å²) in [6.45, 7) is 0.994. The molecule has 3 aromatic rings. The molecule has 0 aliphatic carbocycles. The number of rotatable bonds is 6. The summed E-state index contributed by atoms with van der Waals surface area (Å²) in [6.07, 6.45) is 0. The average molecular weight is 386 g/mol. The van der Waals surface area contributed by atoms with Crippen molar-refractivity contribution < 1.29 is 9.13 Å². The summed E-state index contributed by atoms with van der Waals surface area (Å²) in [5.41, 5.74) is 2.90. The first-order valence-electron chi connectivity index (χ1n) is 7.65. The third-order valence-corrected chi connectivity index (χ3v) is 4.11. The SMILES string of the molecule is Fc1cccc(COc2ccccc2CNc2ccc(Br)cc2)c1. The Morgan fingerprint density at radius 3 is 2.50 bits per heavy atom. The summed E-state index contributed by atoms with van der Waals surface area (Å²) < 4.78 is 20.2. The number of para-hydroxylation sites is 1. The summed E-state index contributed by atoms with van der Waals surface area (Å²) in [7, 11) is 0. The van der Waals surface area contributed by atoms with E-state index in [0.29, 0.717) is 13.2 Å². The van der Waals surface area contributed by atoms with E-state index < -0.39 is 0 Å². The second-order valence-electron chi connectivity index (χ2n) is 5.39. The smallest absolute Gasteiger partial charge is 0.124 e. The van der Waals surface area contributed by atoms with Gasteiger partial charge in [-0.2, -0.15) is 0 Å². The Morgan fingerprint density at radius 1 is 0.917 bits per heavy atom. The molecule has 0 saturated heterocycles. The molecule has 0 heterocycles. The fourth-order valence-corrected chi connectivity index (χ4v) is 2.61. The lowest BCUT2D eigenvalue weighted by Gasteiger charge is -2.13. The van der Waals surface area contributed by atoms with E-state index in [1.54, 1.807) is 6.07 Å². The minimum atomic E-state index is -0.249. The van der Waals surface area contributed by atoms with Gasteiger partial charge < -0.3 is 10.1 Å². The van der Waals surface area contributed by atoms with E-state index >= 15 is 0 Å². The molecule has 0 fully saturated rings. The summed E-state index contributed by atoms with van der Waals surface area (Å²) in [5, 5.41) is 3.38. The second-order valence-corrected chi connectivity index (χ2v) is 6.30. The van der Waals surface area contributed by atoms with Crippen molar-refractivity contribution in [1.82, 2.24) is 0 Å². The van der Waals surface area contributed by atoms with E-state index in [0.717, 1.165) is 27.0 Å². The van der Waals surface area contributed by atoms with Crippen molar-refractivity contribution in [2.75, 3.05) is 5.32 Å². The number of hydrogen-bond acceptors (Lipinski definition) is 2. The Labute approximate surface area is 149 Å². The van der Waals surface area contributed by atoms with Gasteiger partial charge >= 0.3 is 0 Å². The fourth-order valence-electron chi connectivity index (χ4n) is 2.34. The van der Waals surface area contributed by atoms with Crippen LogP contribution < -0.4 is 10.1 Å². The van der Waals surface area contributed by atoms with Gasteiger partial charge in [-0.15, -0.1) is 0 Å². The maximum atomic E-state index is 13.2. The van der Waals surface area contributed by atoms with Crippen LogP contribution in [-0.4, -0.2) is 0 Å². The van der Waals surface area contributed by atoms with Crippen molar-refractivity contribution in [2.24, 2.45) is 0 Å². The number of anilines is 1. The number of benzene rings is 3. The maximum absolute atomic E-state index is 13.2. The van der Waals surface area contributed by atoms with Crippen molar-refractivity contribution in [2.45, 2.75) is 13.2 Å². The molecule has 0 bridgehead atoms. The van der Waals surface area contributed by atoms with Crippen LogP contribution in [0.3, 0.4) is 0 Å². The molecule has 2 nitrogen and oxygen atoms in total. The molecule has 1 N–H and O–H groups in total. The lowest BCUT2D eigenvalue weighted by Crippen LogP contribution is -2.03. The molecule has 0 aliphatic rings. The number of nitrogens with one attached hydrogen (secondary N) is 1. The number of halogens is 2. The Kier molecular flexibility index (Phi) is 5.49. The van der Waals surface area contributed by atoms with Gasteiger partial charge in [-0.3, -0.25) is 0 Å². The predicted octanol–water partition coefficient (Wildman–Crippen LogP) is 5.78. The molecule has 3 aromatic carbocycles. The van der Waals surface area contributed by atoms with Crippen LogP contribution in [0.5, 0.6) is 5.75 Å². The summed E-state index contributed by atoms with van der Waals surface area (Å²) in [4.78, 5) is 0. The van der Waals surface area contributed by atoms with Crippen LogP contribution in [0.25, 0.3) is 0 Å². The van der Waals surface area contributed by atoms with Crippen LogP contribution in [0.1, 0.15) is 11.1 Å². The molecule has 0 spiro atoms. The van der Waals surface area contributed by atoms with Gasteiger partial charge in [0.1, 0.15) is 18.2 Å². The summed E-state index contributed by atoms with van der Waals surface area (Å²) in [5.74, 6) is 0.549. The standard InChI is InChI=1S/C20H17BrFNO/c21-17-8-10-19(11-9-17)23-13-16-5-1-2-7-20(16)24-14-15-4-3-6-18(22)12-15/h1-12,23H,13-14H2. The highest BCUT2D eigenvalue weighted by Gasteiger charge is 2.04. The van der Waals surface area contributed by atoms with Gasteiger partial charge in [-0.1, -0.05) is 46.3 Å². The minimum Gasteiger partial charge on any atom is -0.489 e. The largest absolute Gasteiger partial charge is 0.489 e. The molecule has 0 radical (unpaired) electrons. The first kappa shape index (κ1) is 16.5. The highest BCUT2D eigenvalue weighted by atomic mass is 79.9. The molecular weight excluding hydrogens is 369 g/mol. The number of hydrogen-bond donors (Lipinski definition) is 1. The number of ether oxygens (including phenoxy) is 1. The normalized spacial score (nSPS) is 10.4. The van der Waals surface area contributed by atoms with E-state index in [9.17, 15) is 4.39 Å². The molecule has 3 rings (SSSR count). The monoisotopic (exact) mass is 385 g/mol. The first-order valence-corrected chi connectivity index (χ1v) is 8.44. The zero-order chi connectivity index (χ0) is 16.8. The van der Waals surface area contributed by atoms with Crippen LogP contribution in [0.15, 0.2) is 77.3 Å². The zero-order valence-electron chi connectivity index (χ0n) is 13.0. The van der Waals surface area contributed by atoms with Crippen molar-refractivity contribution in [1.29, 1.82) is 0 Å². The molecule has 4 heteroatoms. The Bertz CT molecular complexity index is 805. The van der Waals surface area contributed by atoms with Crippen LogP contribution in [0.2, 0.25) is 0 Å². The fraction of sp³-hybridized carbons (Fsp3) is 0.100. The molecule has 24 heavy (non-hydrogen) atoms. The quantitative estimate of drug-likeness (QED) is 0.580. The molecular formula is C20H17BrFNO. The van der Waals surface area contributed by atoms with Gasteiger partial charge in [0.2, 0.25) is 0 Å². The molecule has 0 aromatic heterocycles. The van der Waals surface area contributed by atoms with E-state index in [1.807, 2.05) is 54.6 Å². The summed E-state index contributed by atoms with van der Waals surface area (Å²) in [6, 6.07) is 22.3. The van der Waals surface area contributed by atoms with Gasteiger partial charge in [0.15, 0.2) is 0 Å². The van der Waals surface area contributed by atoms with E-state index in [1.165, 1.54) is 12.1 Å². The van der Waals surface area contributed by atoms with Crippen molar-refractivity contribution >= 4 is 21.6 Å². The molecule has 0 saturated carbocycles. The predicted molar refractivity (Wildman–Crippen MR) is 98.6 cm³/mol. The highest BCUT2D eigenvalue weighted by molar-refractivity contribution is 9.10. The lowest BCUT2D eigenvalue weighted by atomic mass is 10.2. The molecule has 0 aliphatic heterocycles. The third-order valence-electron chi connectivity index (χ3n) is 3.58. The van der Waals surface area contributed by atoms with Crippen molar-refractivity contribution in [3.8, 4) is 5.75 Å². The Morgan fingerprint density at radius 2 is 1.71 bits per heavy atom. The van der Waals surface area contributed by atoms with Gasteiger partial charge in [0.05, 0.1) is 0 Å². The van der Waals surface area contributed by atoms with E-state index in [2.05, 4.69) is 21.2 Å². The zero-order valence-corrected chi connectivity index (χ0v) is 14.6. The first-order chi connectivity index (χ1) is 11.7. The van der Waals surface area contributed by atoms with Crippen molar-refractivity contribution in [3.63, 3.8) is 0 Å². The minimum absolute atomic E-state index is 0.249. The van der Waals surface area contributed by atoms with Gasteiger partial charge in [-0.05, 0) is 48.0 Å². The van der Waals surface area contributed by atoms with E-state index in [-0.39, 0.29) is 5.82 Å².